The van der Waals surface area contributed by atoms with Gasteiger partial charge in [0, 0.05) is 19.2 Å². The molecule has 160 valence electrons. The summed E-state index contributed by atoms with van der Waals surface area (Å²) in [7, 11) is 0. The number of nitrogens with zero attached hydrogens (tertiary/aromatic N) is 2. The quantitative estimate of drug-likeness (QED) is 0.458. The highest BCUT2D eigenvalue weighted by Gasteiger charge is 2.14. The maximum atomic E-state index is 12.5. The van der Waals surface area contributed by atoms with Crippen molar-refractivity contribution in [2.45, 2.75) is 26.1 Å². The minimum Gasteiger partial charge on any atom is -0.508 e. The lowest BCUT2D eigenvalue weighted by Gasteiger charge is -2.16. The molecule has 0 saturated carbocycles. The molecule has 0 aliphatic carbocycles. The van der Waals surface area contributed by atoms with Crippen molar-refractivity contribution in [2.24, 2.45) is 0 Å². The average molecular weight is 428 g/mol. The Bertz CT molecular complexity index is 1190. The van der Waals surface area contributed by atoms with E-state index in [4.69, 9.17) is 10.00 Å². The Balaban J connectivity index is 1.63. The molecular weight excluding hydrogens is 408 g/mol. The topological polar surface area (TPSA) is 135 Å². The van der Waals surface area contributed by atoms with E-state index in [-0.39, 0.29) is 43.3 Å². The Kier molecular flexibility index (Phi) is 7.24. The van der Waals surface area contributed by atoms with E-state index < -0.39 is 5.91 Å². The standard InChI is InChI=1S/C24H20N4O4/c25-7-6-23(30)27-13-16-2-1-3-17(8-16)14-28-24(31)20(12-26)11-22-10-19-9-21(29)5-4-18(19)15-32-22/h1-5,8-11,29H,6,13-15H2,(H,27,30)(H,28,31)/b20-11+. The Morgan fingerprint density at radius 2 is 1.84 bits per heavy atom. The number of phenolic OH excluding ortho intramolecular Hbond substituents is 1. The average Bonchev–Trinajstić information content (AvgIpc) is 2.80. The predicted octanol–water partition coefficient (Wildman–Crippen LogP) is 2.56. The first kappa shape index (κ1) is 22.1. The molecule has 1 aliphatic rings. The highest BCUT2D eigenvalue weighted by molar-refractivity contribution is 5.97. The van der Waals surface area contributed by atoms with Gasteiger partial charge in [-0.3, -0.25) is 9.59 Å². The van der Waals surface area contributed by atoms with Crippen LogP contribution in [0.2, 0.25) is 0 Å². The number of rotatable bonds is 7. The van der Waals surface area contributed by atoms with E-state index in [1.165, 1.54) is 6.08 Å². The molecule has 1 aliphatic heterocycles. The first-order valence-electron chi connectivity index (χ1n) is 9.76. The van der Waals surface area contributed by atoms with Crippen molar-refractivity contribution in [1.82, 2.24) is 10.6 Å². The van der Waals surface area contributed by atoms with E-state index in [9.17, 15) is 20.0 Å². The number of fused-ring (bicyclic) bond motifs is 1. The fourth-order valence-electron chi connectivity index (χ4n) is 3.04. The summed E-state index contributed by atoms with van der Waals surface area (Å²) in [4.78, 5) is 23.9. The number of phenols is 1. The number of carbonyl (C=O) groups excluding carboxylic acids is 2. The van der Waals surface area contributed by atoms with Crippen LogP contribution in [0.3, 0.4) is 0 Å². The molecule has 2 amide bonds. The molecule has 8 nitrogen and oxygen atoms in total. The van der Waals surface area contributed by atoms with Crippen molar-refractivity contribution >= 4 is 17.9 Å². The number of carbonyl (C=O) groups is 2. The molecule has 0 unspecified atom stereocenters. The van der Waals surface area contributed by atoms with Crippen LogP contribution in [0.25, 0.3) is 6.08 Å². The Labute approximate surface area is 185 Å². The summed E-state index contributed by atoms with van der Waals surface area (Å²) in [5.74, 6) is -0.432. The van der Waals surface area contributed by atoms with Crippen LogP contribution >= 0.6 is 0 Å². The summed E-state index contributed by atoms with van der Waals surface area (Å²) < 4.78 is 5.59. The SMILES string of the molecule is N#CCC(=O)NCc1cccc(CNC(=O)/C(C#N)=C/C2=Cc3cc(O)ccc3CO2)c1. The van der Waals surface area contributed by atoms with Gasteiger partial charge in [-0.15, -0.1) is 0 Å². The van der Waals surface area contributed by atoms with Gasteiger partial charge in [0.05, 0.1) is 6.07 Å². The lowest BCUT2D eigenvalue weighted by molar-refractivity contribution is -0.120. The van der Waals surface area contributed by atoms with Crippen LogP contribution in [0.4, 0.5) is 0 Å². The van der Waals surface area contributed by atoms with Crippen LogP contribution in [0.15, 0.2) is 59.9 Å². The number of amides is 2. The number of hydrogen-bond donors (Lipinski definition) is 3. The van der Waals surface area contributed by atoms with E-state index in [2.05, 4.69) is 10.6 Å². The van der Waals surface area contributed by atoms with Crippen molar-refractivity contribution in [3.63, 3.8) is 0 Å². The number of benzene rings is 2. The summed E-state index contributed by atoms with van der Waals surface area (Å²) in [5, 5.41) is 32.9. The lowest BCUT2D eigenvalue weighted by Crippen LogP contribution is -2.24. The molecule has 2 aromatic rings. The van der Waals surface area contributed by atoms with Crippen molar-refractivity contribution in [3.8, 4) is 17.9 Å². The molecule has 0 radical (unpaired) electrons. The molecule has 1 heterocycles. The highest BCUT2D eigenvalue weighted by Crippen LogP contribution is 2.26. The van der Waals surface area contributed by atoms with Crippen molar-refractivity contribution < 1.29 is 19.4 Å². The van der Waals surface area contributed by atoms with E-state index >= 15 is 0 Å². The third-order valence-corrected chi connectivity index (χ3v) is 4.65. The number of nitriles is 2. The molecule has 3 rings (SSSR count). The largest absolute Gasteiger partial charge is 0.508 e. The molecule has 8 heteroatoms. The molecule has 0 fully saturated rings. The molecular formula is C24H20N4O4. The summed E-state index contributed by atoms with van der Waals surface area (Å²) in [5.41, 5.74) is 3.16. The van der Waals surface area contributed by atoms with Crippen LogP contribution in [0.1, 0.15) is 28.7 Å². The molecule has 32 heavy (non-hydrogen) atoms. The summed E-state index contributed by atoms with van der Waals surface area (Å²) in [6, 6.07) is 15.8. The van der Waals surface area contributed by atoms with Gasteiger partial charge in [-0.1, -0.05) is 30.3 Å². The Morgan fingerprint density at radius 3 is 2.56 bits per heavy atom. The van der Waals surface area contributed by atoms with Crippen LogP contribution in [-0.2, 0) is 34.0 Å². The van der Waals surface area contributed by atoms with Gasteiger partial charge < -0.3 is 20.5 Å². The zero-order chi connectivity index (χ0) is 22.9. The fraction of sp³-hybridized carbons (Fsp3) is 0.167. The minimum atomic E-state index is -0.550. The monoisotopic (exact) mass is 428 g/mol. The number of hydrogen-bond acceptors (Lipinski definition) is 6. The Morgan fingerprint density at radius 1 is 1.09 bits per heavy atom. The van der Waals surface area contributed by atoms with E-state index in [1.807, 2.05) is 24.3 Å². The number of aromatic hydroxyl groups is 1. The van der Waals surface area contributed by atoms with Gasteiger partial charge in [0.15, 0.2) is 0 Å². The van der Waals surface area contributed by atoms with Crippen molar-refractivity contribution in [2.75, 3.05) is 0 Å². The lowest BCUT2D eigenvalue weighted by atomic mass is 10.0. The predicted molar refractivity (Wildman–Crippen MR) is 115 cm³/mol. The molecule has 2 aromatic carbocycles. The molecule has 0 aromatic heterocycles. The summed E-state index contributed by atoms with van der Waals surface area (Å²) in [6.07, 6.45) is 2.82. The first-order valence-corrected chi connectivity index (χ1v) is 9.76. The molecule has 3 N–H and O–H groups in total. The maximum Gasteiger partial charge on any atom is 0.262 e. The number of nitrogens with one attached hydrogen (secondary N) is 2. The zero-order valence-electron chi connectivity index (χ0n) is 17.1. The van der Waals surface area contributed by atoms with Gasteiger partial charge in [-0.05, 0) is 40.5 Å². The fourth-order valence-corrected chi connectivity index (χ4v) is 3.04. The second-order valence-corrected chi connectivity index (χ2v) is 7.00. The molecule has 0 saturated heterocycles. The molecule has 0 spiro atoms. The summed E-state index contributed by atoms with van der Waals surface area (Å²) >= 11 is 0. The Hall–Kier alpha value is -4.56. The van der Waals surface area contributed by atoms with Gasteiger partial charge in [0.25, 0.3) is 5.91 Å². The third-order valence-electron chi connectivity index (χ3n) is 4.65. The van der Waals surface area contributed by atoms with Crippen LogP contribution in [0, 0.1) is 22.7 Å². The normalized spacial score (nSPS) is 12.3. The first-order chi connectivity index (χ1) is 15.5. The van der Waals surface area contributed by atoms with Crippen molar-refractivity contribution in [1.29, 1.82) is 10.5 Å². The summed E-state index contributed by atoms with van der Waals surface area (Å²) in [6.45, 7) is 0.735. The van der Waals surface area contributed by atoms with E-state index in [0.29, 0.717) is 5.76 Å². The maximum absolute atomic E-state index is 12.5. The second-order valence-electron chi connectivity index (χ2n) is 7.00. The minimum absolute atomic E-state index is 0.111. The molecule has 0 atom stereocenters. The third kappa shape index (κ3) is 5.97. The van der Waals surface area contributed by atoms with E-state index in [0.717, 1.165) is 22.3 Å². The second kappa shape index (κ2) is 10.5. The van der Waals surface area contributed by atoms with Crippen molar-refractivity contribution in [3.05, 3.63) is 82.1 Å². The molecule has 0 bridgehead atoms. The van der Waals surface area contributed by atoms with E-state index in [1.54, 1.807) is 36.4 Å². The number of ether oxygens (including phenoxy) is 1. The zero-order valence-corrected chi connectivity index (χ0v) is 17.1. The smallest absolute Gasteiger partial charge is 0.262 e. The number of allylic oxidation sites excluding steroid dienone is 1. The highest BCUT2D eigenvalue weighted by atomic mass is 16.5. The van der Waals surface area contributed by atoms with Crippen LogP contribution in [-0.4, -0.2) is 16.9 Å². The van der Waals surface area contributed by atoms with Gasteiger partial charge in [-0.25, -0.2) is 0 Å². The van der Waals surface area contributed by atoms with Crippen LogP contribution in [0.5, 0.6) is 5.75 Å². The van der Waals surface area contributed by atoms with Crippen LogP contribution < -0.4 is 10.6 Å². The van der Waals surface area contributed by atoms with Gasteiger partial charge in [-0.2, -0.15) is 10.5 Å². The van der Waals surface area contributed by atoms with Gasteiger partial charge >= 0.3 is 0 Å². The van der Waals surface area contributed by atoms with Gasteiger partial charge in [0.1, 0.15) is 36.2 Å². The van der Waals surface area contributed by atoms with Gasteiger partial charge in [0.2, 0.25) is 5.91 Å².